The predicted molar refractivity (Wildman–Crippen MR) is 81.3 cm³/mol. The van der Waals surface area contributed by atoms with Crippen LogP contribution in [0.25, 0.3) is 0 Å². The van der Waals surface area contributed by atoms with Crippen LogP contribution < -0.4 is 10.6 Å². The van der Waals surface area contributed by atoms with Gasteiger partial charge in [0.2, 0.25) is 5.91 Å². The van der Waals surface area contributed by atoms with Crippen LogP contribution in [-0.4, -0.2) is 12.5 Å². The Morgan fingerprint density at radius 2 is 2.00 bits per heavy atom. The van der Waals surface area contributed by atoms with Crippen LogP contribution >= 0.6 is 15.9 Å². The summed E-state index contributed by atoms with van der Waals surface area (Å²) in [6, 6.07) is 5.94. The van der Waals surface area contributed by atoms with Gasteiger partial charge in [-0.05, 0) is 49.8 Å². The minimum absolute atomic E-state index is 0.188. The molecule has 3 rings (SSSR count). The number of halogens is 1. The van der Waals surface area contributed by atoms with Gasteiger partial charge in [0.25, 0.3) is 0 Å². The van der Waals surface area contributed by atoms with Crippen LogP contribution in [0.1, 0.15) is 32.6 Å². The molecule has 0 unspecified atom stereocenters. The van der Waals surface area contributed by atoms with E-state index < -0.39 is 0 Å². The van der Waals surface area contributed by atoms with Crippen molar-refractivity contribution in [2.75, 3.05) is 17.2 Å². The summed E-state index contributed by atoms with van der Waals surface area (Å²) in [6.07, 6.45) is 4.27. The maximum absolute atomic E-state index is 12.6. The van der Waals surface area contributed by atoms with E-state index in [1.807, 2.05) is 18.2 Å². The van der Waals surface area contributed by atoms with Gasteiger partial charge >= 0.3 is 0 Å². The molecule has 0 aromatic heterocycles. The Labute approximate surface area is 122 Å². The van der Waals surface area contributed by atoms with Gasteiger partial charge in [0.1, 0.15) is 0 Å². The fraction of sp³-hybridized carbons (Fsp3) is 0.533. The van der Waals surface area contributed by atoms with E-state index in [2.05, 4.69) is 33.5 Å². The molecule has 1 aromatic rings. The summed E-state index contributed by atoms with van der Waals surface area (Å²) in [4.78, 5) is 12.6. The molecule has 1 aliphatic carbocycles. The molecule has 1 aliphatic heterocycles. The van der Waals surface area contributed by atoms with Gasteiger partial charge < -0.3 is 10.6 Å². The highest BCUT2D eigenvalue weighted by molar-refractivity contribution is 9.10. The first-order chi connectivity index (χ1) is 9.09. The molecule has 1 aromatic carbocycles. The summed E-state index contributed by atoms with van der Waals surface area (Å²) in [6.45, 7) is 3.02. The summed E-state index contributed by atoms with van der Waals surface area (Å²) < 4.78 is 1.03. The van der Waals surface area contributed by atoms with Gasteiger partial charge in [-0.1, -0.05) is 22.9 Å². The molecule has 0 atom stereocenters. The summed E-state index contributed by atoms with van der Waals surface area (Å²) in [5, 5.41) is 6.56. The third-order valence-corrected chi connectivity index (χ3v) is 5.05. The van der Waals surface area contributed by atoms with E-state index in [0.29, 0.717) is 0 Å². The molecular weight excluding hydrogens is 304 g/mol. The third-order valence-electron chi connectivity index (χ3n) is 4.56. The fourth-order valence-corrected chi connectivity index (χ4v) is 3.45. The van der Waals surface area contributed by atoms with Gasteiger partial charge in [0.15, 0.2) is 0 Å². The average Bonchev–Trinajstić information content (AvgIpc) is 2.52. The van der Waals surface area contributed by atoms with Crippen LogP contribution in [0, 0.1) is 11.3 Å². The molecule has 0 saturated heterocycles. The Balaban J connectivity index is 1.88. The Morgan fingerprint density at radius 1 is 1.26 bits per heavy atom. The zero-order valence-corrected chi connectivity index (χ0v) is 12.7. The van der Waals surface area contributed by atoms with Crippen molar-refractivity contribution in [1.29, 1.82) is 0 Å². The van der Waals surface area contributed by atoms with Crippen LogP contribution in [0.15, 0.2) is 22.7 Å². The van der Waals surface area contributed by atoms with Crippen LogP contribution in [0.5, 0.6) is 0 Å². The van der Waals surface area contributed by atoms with Gasteiger partial charge in [-0.25, -0.2) is 0 Å². The Hall–Kier alpha value is -1.03. The number of nitrogens with one attached hydrogen (secondary N) is 2. The maximum atomic E-state index is 12.6. The zero-order valence-electron chi connectivity index (χ0n) is 11.1. The lowest BCUT2D eigenvalue weighted by molar-refractivity contribution is -0.126. The normalized spacial score (nSPS) is 30.2. The fourth-order valence-electron chi connectivity index (χ4n) is 3.09. The van der Waals surface area contributed by atoms with Crippen molar-refractivity contribution in [3.8, 4) is 0 Å². The van der Waals surface area contributed by atoms with E-state index in [0.717, 1.165) is 54.0 Å². The monoisotopic (exact) mass is 322 g/mol. The number of carbonyl (C=O) groups excluding carboxylic acids is 1. The minimum atomic E-state index is -0.224. The second kappa shape index (κ2) is 4.82. The number of benzene rings is 1. The molecular formula is C15H19BrN2O. The Kier molecular flexibility index (Phi) is 3.29. The SMILES string of the molecule is CC1CCC2(CC1)CNc1cc(Br)ccc1NC2=O. The molecule has 2 N–H and O–H groups in total. The third kappa shape index (κ3) is 2.38. The lowest BCUT2D eigenvalue weighted by Crippen LogP contribution is -2.42. The number of hydrogen-bond acceptors (Lipinski definition) is 2. The number of carbonyl (C=O) groups is 1. The second-order valence-corrected chi connectivity index (χ2v) is 6.88. The van der Waals surface area contributed by atoms with Crippen LogP contribution in [0.2, 0.25) is 0 Å². The van der Waals surface area contributed by atoms with Gasteiger partial charge in [-0.15, -0.1) is 0 Å². The first-order valence-corrected chi connectivity index (χ1v) is 7.73. The molecule has 1 spiro atoms. The van der Waals surface area contributed by atoms with E-state index in [4.69, 9.17) is 0 Å². The summed E-state index contributed by atoms with van der Waals surface area (Å²) >= 11 is 3.47. The van der Waals surface area contributed by atoms with E-state index in [1.165, 1.54) is 0 Å². The zero-order chi connectivity index (χ0) is 13.5. The quantitative estimate of drug-likeness (QED) is 0.757. The van der Waals surface area contributed by atoms with Crippen molar-refractivity contribution >= 4 is 33.2 Å². The van der Waals surface area contributed by atoms with Crippen LogP contribution in [0.4, 0.5) is 11.4 Å². The van der Waals surface area contributed by atoms with Crippen molar-refractivity contribution in [3.63, 3.8) is 0 Å². The summed E-state index contributed by atoms with van der Waals surface area (Å²) in [5.74, 6) is 0.936. The van der Waals surface area contributed by atoms with E-state index in [-0.39, 0.29) is 11.3 Å². The lowest BCUT2D eigenvalue weighted by atomic mass is 9.70. The highest BCUT2D eigenvalue weighted by Crippen LogP contribution is 2.42. The van der Waals surface area contributed by atoms with E-state index >= 15 is 0 Å². The van der Waals surface area contributed by atoms with Crippen LogP contribution in [0.3, 0.4) is 0 Å². The van der Waals surface area contributed by atoms with Gasteiger partial charge in [-0.2, -0.15) is 0 Å². The Bertz CT molecular complexity index is 507. The first kappa shape index (κ1) is 13.0. The number of rotatable bonds is 0. The largest absolute Gasteiger partial charge is 0.382 e. The topological polar surface area (TPSA) is 41.1 Å². The molecule has 1 amide bonds. The molecule has 1 heterocycles. The van der Waals surface area contributed by atoms with Crippen LogP contribution in [-0.2, 0) is 4.79 Å². The van der Waals surface area contributed by atoms with Crippen molar-refractivity contribution in [3.05, 3.63) is 22.7 Å². The average molecular weight is 323 g/mol. The highest BCUT2D eigenvalue weighted by Gasteiger charge is 2.42. The number of anilines is 2. The summed E-state index contributed by atoms with van der Waals surface area (Å²) in [7, 11) is 0. The smallest absolute Gasteiger partial charge is 0.232 e. The molecule has 4 heteroatoms. The van der Waals surface area contributed by atoms with E-state index in [9.17, 15) is 4.79 Å². The van der Waals surface area contributed by atoms with Gasteiger partial charge in [0, 0.05) is 11.0 Å². The molecule has 1 saturated carbocycles. The van der Waals surface area contributed by atoms with Crippen molar-refractivity contribution in [2.45, 2.75) is 32.6 Å². The standard InChI is InChI=1S/C15H19BrN2O/c1-10-4-6-15(7-5-10)9-17-13-8-11(16)2-3-12(13)18-14(15)19/h2-3,8,10,17H,4-7,9H2,1H3,(H,18,19). The lowest BCUT2D eigenvalue weighted by Gasteiger charge is -2.36. The minimum Gasteiger partial charge on any atom is -0.382 e. The molecule has 2 aliphatic rings. The van der Waals surface area contributed by atoms with E-state index in [1.54, 1.807) is 0 Å². The van der Waals surface area contributed by atoms with Crippen molar-refractivity contribution in [2.24, 2.45) is 11.3 Å². The van der Waals surface area contributed by atoms with Gasteiger partial charge in [-0.3, -0.25) is 4.79 Å². The molecule has 1 fully saturated rings. The van der Waals surface area contributed by atoms with Crippen molar-refractivity contribution in [1.82, 2.24) is 0 Å². The van der Waals surface area contributed by atoms with Gasteiger partial charge in [0.05, 0.1) is 16.8 Å². The Morgan fingerprint density at radius 3 is 2.74 bits per heavy atom. The number of hydrogen-bond donors (Lipinski definition) is 2. The first-order valence-electron chi connectivity index (χ1n) is 6.94. The number of amides is 1. The predicted octanol–water partition coefficient (Wildman–Crippen LogP) is 4.01. The molecule has 3 nitrogen and oxygen atoms in total. The highest BCUT2D eigenvalue weighted by atomic mass is 79.9. The maximum Gasteiger partial charge on any atom is 0.232 e. The van der Waals surface area contributed by atoms with Crippen molar-refractivity contribution < 1.29 is 4.79 Å². The molecule has 19 heavy (non-hydrogen) atoms. The second-order valence-electron chi connectivity index (χ2n) is 5.96. The molecule has 0 bridgehead atoms. The summed E-state index contributed by atoms with van der Waals surface area (Å²) in [5.41, 5.74) is 1.68. The molecule has 102 valence electrons. The molecule has 0 radical (unpaired) electrons. The number of fused-ring (bicyclic) bond motifs is 1.